The molecule has 2 aromatic rings. The van der Waals surface area contributed by atoms with Crippen molar-refractivity contribution < 1.29 is 9.59 Å². The van der Waals surface area contributed by atoms with E-state index < -0.39 is 0 Å². The van der Waals surface area contributed by atoms with Gasteiger partial charge in [0.05, 0.1) is 23.1 Å². The summed E-state index contributed by atoms with van der Waals surface area (Å²) in [7, 11) is 0. The Morgan fingerprint density at radius 2 is 2.00 bits per heavy atom. The van der Waals surface area contributed by atoms with Gasteiger partial charge in [0, 0.05) is 17.8 Å². The maximum Gasteiger partial charge on any atom is 0.239 e. The van der Waals surface area contributed by atoms with E-state index in [4.69, 9.17) is 23.2 Å². The molecule has 1 N–H and O–H groups in total. The van der Waals surface area contributed by atoms with Crippen LogP contribution in [0.25, 0.3) is 0 Å². The van der Waals surface area contributed by atoms with E-state index in [1.54, 1.807) is 22.3 Å². The van der Waals surface area contributed by atoms with Gasteiger partial charge in [0.2, 0.25) is 11.8 Å². The second-order valence-corrected chi connectivity index (χ2v) is 7.29. The maximum atomic E-state index is 12.4. The van der Waals surface area contributed by atoms with Crippen LogP contribution in [0, 0.1) is 0 Å². The van der Waals surface area contributed by atoms with Gasteiger partial charge < -0.3 is 10.2 Å². The van der Waals surface area contributed by atoms with Crippen molar-refractivity contribution in [3.05, 3.63) is 56.2 Å². The van der Waals surface area contributed by atoms with Crippen molar-refractivity contribution in [1.29, 1.82) is 0 Å². The van der Waals surface area contributed by atoms with E-state index in [-0.39, 0.29) is 24.8 Å². The SMILES string of the molecule is CCN(CC(=O)NCc1cccs1)C(=O)CCc1cccc(Cl)c1Cl. The first-order chi connectivity index (χ1) is 12.0. The van der Waals surface area contributed by atoms with Crippen LogP contribution in [0.15, 0.2) is 35.7 Å². The van der Waals surface area contributed by atoms with Crippen molar-refractivity contribution in [1.82, 2.24) is 10.2 Å². The van der Waals surface area contributed by atoms with E-state index in [2.05, 4.69) is 5.32 Å². The lowest BCUT2D eigenvalue weighted by atomic mass is 10.1. The molecule has 0 saturated carbocycles. The molecule has 0 atom stereocenters. The largest absolute Gasteiger partial charge is 0.350 e. The number of nitrogens with zero attached hydrogens (tertiary/aromatic N) is 1. The highest BCUT2D eigenvalue weighted by Gasteiger charge is 2.16. The quantitative estimate of drug-likeness (QED) is 0.725. The molecule has 1 aromatic carbocycles. The number of benzene rings is 1. The highest BCUT2D eigenvalue weighted by atomic mass is 35.5. The molecule has 2 rings (SSSR count). The number of thiophene rings is 1. The van der Waals surface area contributed by atoms with Crippen molar-refractivity contribution >= 4 is 46.4 Å². The third-order valence-corrected chi connectivity index (χ3v) is 5.48. The smallest absolute Gasteiger partial charge is 0.239 e. The maximum absolute atomic E-state index is 12.4. The number of carbonyl (C=O) groups is 2. The molecular weight excluding hydrogens is 379 g/mol. The van der Waals surface area contributed by atoms with Gasteiger partial charge in [-0.3, -0.25) is 9.59 Å². The fourth-order valence-electron chi connectivity index (χ4n) is 2.35. The van der Waals surface area contributed by atoms with Crippen LogP contribution in [-0.4, -0.2) is 29.8 Å². The van der Waals surface area contributed by atoms with Crippen LogP contribution in [-0.2, 0) is 22.6 Å². The van der Waals surface area contributed by atoms with E-state index in [0.29, 0.717) is 29.6 Å². The lowest BCUT2D eigenvalue weighted by molar-refractivity contribution is -0.135. The molecule has 0 aliphatic heterocycles. The zero-order chi connectivity index (χ0) is 18.2. The van der Waals surface area contributed by atoms with Gasteiger partial charge in [0.15, 0.2) is 0 Å². The molecule has 4 nitrogen and oxygen atoms in total. The predicted molar refractivity (Wildman–Crippen MR) is 103 cm³/mol. The van der Waals surface area contributed by atoms with E-state index >= 15 is 0 Å². The Labute approximate surface area is 161 Å². The minimum atomic E-state index is -0.163. The Morgan fingerprint density at radius 3 is 2.68 bits per heavy atom. The molecule has 2 amide bonds. The van der Waals surface area contributed by atoms with Gasteiger partial charge in [0.1, 0.15) is 0 Å². The van der Waals surface area contributed by atoms with E-state index in [9.17, 15) is 9.59 Å². The van der Waals surface area contributed by atoms with E-state index in [0.717, 1.165) is 10.4 Å². The van der Waals surface area contributed by atoms with Crippen molar-refractivity contribution in [2.75, 3.05) is 13.1 Å². The average Bonchev–Trinajstić information content (AvgIpc) is 3.12. The van der Waals surface area contributed by atoms with Crippen molar-refractivity contribution in [3.63, 3.8) is 0 Å². The lowest BCUT2D eigenvalue weighted by Gasteiger charge is -2.20. The Morgan fingerprint density at radius 1 is 1.20 bits per heavy atom. The average molecular weight is 399 g/mol. The highest BCUT2D eigenvalue weighted by molar-refractivity contribution is 7.09. The molecule has 0 fully saturated rings. The summed E-state index contributed by atoms with van der Waals surface area (Å²) in [6.07, 6.45) is 0.775. The van der Waals surface area contributed by atoms with Crippen LogP contribution >= 0.6 is 34.5 Å². The zero-order valence-electron chi connectivity index (χ0n) is 13.9. The van der Waals surface area contributed by atoms with Crippen LogP contribution in [0.3, 0.4) is 0 Å². The monoisotopic (exact) mass is 398 g/mol. The van der Waals surface area contributed by atoms with Crippen LogP contribution in [0.5, 0.6) is 0 Å². The number of likely N-dealkylation sites (N-methyl/N-ethyl adjacent to an activating group) is 1. The molecule has 7 heteroatoms. The molecular formula is C18H20Cl2N2O2S. The fraction of sp³-hybridized carbons (Fsp3) is 0.333. The molecule has 134 valence electrons. The third-order valence-electron chi connectivity index (χ3n) is 3.75. The number of amides is 2. The van der Waals surface area contributed by atoms with Crippen molar-refractivity contribution in [3.8, 4) is 0 Å². The third kappa shape index (κ3) is 6.03. The number of hydrogen-bond acceptors (Lipinski definition) is 3. The number of aryl methyl sites for hydroxylation is 1. The van der Waals surface area contributed by atoms with Crippen molar-refractivity contribution in [2.45, 2.75) is 26.3 Å². The topological polar surface area (TPSA) is 49.4 Å². The first-order valence-corrected chi connectivity index (χ1v) is 9.64. The number of halogens is 2. The van der Waals surface area contributed by atoms with Crippen molar-refractivity contribution in [2.24, 2.45) is 0 Å². The normalized spacial score (nSPS) is 10.5. The second-order valence-electron chi connectivity index (χ2n) is 5.48. The summed E-state index contributed by atoms with van der Waals surface area (Å²) >= 11 is 13.7. The van der Waals surface area contributed by atoms with Crippen LogP contribution in [0.4, 0.5) is 0 Å². The van der Waals surface area contributed by atoms with Gasteiger partial charge in [-0.05, 0) is 36.4 Å². The first-order valence-electron chi connectivity index (χ1n) is 8.01. The van der Waals surface area contributed by atoms with Gasteiger partial charge in [-0.25, -0.2) is 0 Å². The lowest BCUT2D eigenvalue weighted by Crippen LogP contribution is -2.40. The zero-order valence-corrected chi connectivity index (χ0v) is 16.3. The minimum absolute atomic E-state index is 0.0595. The molecule has 0 spiro atoms. The summed E-state index contributed by atoms with van der Waals surface area (Å²) in [5, 5.41) is 5.76. The van der Waals surface area contributed by atoms with E-state index in [1.165, 1.54) is 0 Å². The number of hydrogen-bond donors (Lipinski definition) is 1. The highest BCUT2D eigenvalue weighted by Crippen LogP contribution is 2.26. The van der Waals surface area contributed by atoms with Gasteiger partial charge >= 0.3 is 0 Å². The summed E-state index contributed by atoms with van der Waals surface area (Å²) in [5.41, 5.74) is 0.834. The summed E-state index contributed by atoms with van der Waals surface area (Å²) in [5.74, 6) is -0.241. The number of nitrogens with one attached hydrogen (secondary N) is 1. The Balaban J connectivity index is 1.83. The summed E-state index contributed by atoms with van der Waals surface area (Å²) in [4.78, 5) is 27.1. The summed E-state index contributed by atoms with van der Waals surface area (Å²) < 4.78 is 0. The Hall–Kier alpha value is -1.56. The predicted octanol–water partition coefficient (Wildman–Crippen LogP) is 4.15. The molecule has 0 saturated heterocycles. The molecule has 1 aromatic heterocycles. The number of rotatable bonds is 8. The minimum Gasteiger partial charge on any atom is -0.350 e. The van der Waals surface area contributed by atoms with E-state index in [1.807, 2.05) is 36.6 Å². The molecule has 25 heavy (non-hydrogen) atoms. The molecule has 0 aliphatic rings. The fourth-order valence-corrected chi connectivity index (χ4v) is 3.40. The van der Waals surface area contributed by atoms with Gasteiger partial charge in [0.25, 0.3) is 0 Å². The van der Waals surface area contributed by atoms with Crippen LogP contribution in [0.2, 0.25) is 10.0 Å². The second kappa shape index (κ2) is 9.80. The Bertz CT molecular complexity index is 720. The molecule has 0 radical (unpaired) electrons. The molecule has 0 unspecified atom stereocenters. The Kier molecular flexibility index (Phi) is 7.75. The summed E-state index contributed by atoms with van der Waals surface area (Å²) in [6, 6.07) is 9.28. The molecule has 0 bridgehead atoms. The van der Waals surface area contributed by atoms with Crippen LogP contribution in [0.1, 0.15) is 23.8 Å². The standard InChI is InChI=1S/C18H20Cl2N2O2S/c1-2-22(12-16(23)21-11-14-6-4-10-25-14)17(24)9-8-13-5-3-7-15(19)18(13)20/h3-7,10H,2,8-9,11-12H2,1H3,(H,21,23). The van der Waals surface area contributed by atoms with Crippen LogP contribution < -0.4 is 5.32 Å². The van der Waals surface area contributed by atoms with Gasteiger partial charge in [-0.15, -0.1) is 11.3 Å². The first kappa shape index (κ1) is 19.8. The van der Waals surface area contributed by atoms with Gasteiger partial charge in [-0.2, -0.15) is 0 Å². The molecule has 1 heterocycles. The summed E-state index contributed by atoms with van der Waals surface area (Å²) in [6.45, 7) is 2.88. The number of carbonyl (C=O) groups excluding carboxylic acids is 2. The van der Waals surface area contributed by atoms with Gasteiger partial charge in [-0.1, -0.05) is 41.4 Å². The molecule has 0 aliphatic carbocycles.